The molecule has 1 aromatic heterocycles. The molecule has 0 aliphatic heterocycles. The van der Waals surface area contributed by atoms with Crippen LogP contribution in [-0.4, -0.2) is 16.0 Å². The number of hydrogen-bond acceptors (Lipinski definition) is 4. The molecule has 5 heteroatoms. The summed E-state index contributed by atoms with van der Waals surface area (Å²) in [6.45, 7) is 0.767. The number of halogens is 1. The summed E-state index contributed by atoms with van der Waals surface area (Å²) in [5.74, 6) is 2.35. The Morgan fingerprint density at radius 1 is 1.04 bits per heavy atom. The number of anilines is 2. The molecule has 2 aromatic rings. The van der Waals surface area contributed by atoms with Gasteiger partial charge in [0.1, 0.15) is 5.82 Å². The summed E-state index contributed by atoms with van der Waals surface area (Å²) in [6.07, 6.45) is 7.60. The van der Waals surface area contributed by atoms with Gasteiger partial charge in [0.25, 0.3) is 0 Å². The first kappa shape index (κ1) is 15.9. The Bertz CT molecular complexity index is 708. The van der Waals surface area contributed by atoms with Crippen molar-refractivity contribution in [2.45, 2.75) is 57.0 Å². The third kappa shape index (κ3) is 4.07. The fourth-order valence-electron chi connectivity index (χ4n) is 3.30. The zero-order chi connectivity index (χ0) is 16.4. The van der Waals surface area contributed by atoms with E-state index in [-0.39, 0.29) is 0 Å². The minimum Gasteiger partial charge on any atom is -0.366 e. The molecule has 2 aliphatic carbocycles. The molecule has 2 saturated carbocycles. The van der Waals surface area contributed by atoms with E-state index in [4.69, 9.17) is 9.97 Å². The minimum atomic E-state index is 0.539. The lowest BCUT2D eigenvalue weighted by Crippen LogP contribution is -2.17. The van der Waals surface area contributed by atoms with Gasteiger partial charge in [-0.3, -0.25) is 0 Å². The van der Waals surface area contributed by atoms with Crippen LogP contribution in [0.15, 0.2) is 34.8 Å². The second kappa shape index (κ2) is 7.09. The van der Waals surface area contributed by atoms with Crippen molar-refractivity contribution in [2.24, 2.45) is 0 Å². The Balaban J connectivity index is 1.49. The first-order valence-electron chi connectivity index (χ1n) is 8.90. The average Bonchev–Trinajstić information content (AvgIpc) is 3.31. The molecule has 0 bridgehead atoms. The first-order chi connectivity index (χ1) is 11.8. The third-order valence-corrected chi connectivity index (χ3v) is 5.29. The SMILES string of the molecule is Brc1cccc(CNc2cc(C3CC3)nc(NC3CCCC3)n2)c1. The van der Waals surface area contributed by atoms with Crippen LogP contribution in [0.1, 0.15) is 55.7 Å². The quantitative estimate of drug-likeness (QED) is 0.726. The van der Waals surface area contributed by atoms with Crippen molar-refractivity contribution in [3.05, 3.63) is 46.1 Å². The normalized spacial score (nSPS) is 17.9. The molecular formula is C19H23BrN4. The van der Waals surface area contributed by atoms with E-state index in [1.807, 2.05) is 6.07 Å². The Labute approximate surface area is 151 Å². The Morgan fingerprint density at radius 2 is 1.88 bits per heavy atom. The highest BCUT2D eigenvalue weighted by Gasteiger charge is 2.26. The molecule has 0 atom stereocenters. The number of nitrogens with one attached hydrogen (secondary N) is 2. The zero-order valence-electron chi connectivity index (χ0n) is 13.8. The molecule has 4 rings (SSSR count). The lowest BCUT2D eigenvalue weighted by atomic mass is 10.2. The molecule has 2 N–H and O–H groups in total. The smallest absolute Gasteiger partial charge is 0.225 e. The molecule has 24 heavy (non-hydrogen) atoms. The summed E-state index contributed by atoms with van der Waals surface area (Å²) in [5, 5.41) is 7.01. The van der Waals surface area contributed by atoms with Crippen molar-refractivity contribution in [1.29, 1.82) is 0 Å². The van der Waals surface area contributed by atoms with Gasteiger partial charge < -0.3 is 10.6 Å². The largest absolute Gasteiger partial charge is 0.366 e. The van der Waals surface area contributed by atoms with E-state index in [1.54, 1.807) is 0 Å². The average molecular weight is 387 g/mol. The topological polar surface area (TPSA) is 49.8 Å². The number of aromatic nitrogens is 2. The van der Waals surface area contributed by atoms with Crippen molar-refractivity contribution in [2.75, 3.05) is 10.6 Å². The van der Waals surface area contributed by atoms with Gasteiger partial charge >= 0.3 is 0 Å². The predicted molar refractivity (Wildman–Crippen MR) is 101 cm³/mol. The van der Waals surface area contributed by atoms with E-state index in [9.17, 15) is 0 Å². The number of nitrogens with zero attached hydrogens (tertiary/aromatic N) is 2. The Morgan fingerprint density at radius 3 is 2.62 bits per heavy atom. The van der Waals surface area contributed by atoms with Crippen LogP contribution >= 0.6 is 15.9 Å². The van der Waals surface area contributed by atoms with Crippen LogP contribution < -0.4 is 10.6 Å². The van der Waals surface area contributed by atoms with Crippen LogP contribution in [-0.2, 0) is 6.54 Å². The summed E-state index contributed by atoms with van der Waals surface area (Å²) in [5.41, 5.74) is 2.42. The van der Waals surface area contributed by atoms with Crippen molar-refractivity contribution in [3.63, 3.8) is 0 Å². The molecule has 2 aliphatic rings. The van der Waals surface area contributed by atoms with E-state index in [1.165, 1.54) is 49.8 Å². The van der Waals surface area contributed by atoms with Crippen LogP contribution in [0.4, 0.5) is 11.8 Å². The maximum absolute atomic E-state index is 4.76. The number of rotatable bonds is 6. The van der Waals surface area contributed by atoms with E-state index < -0.39 is 0 Å². The monoisotopic (exact) mass is 386 g/mol. The zero-order valence-corrected chi connectivity index (χ0v) is 15.3. The van der Waals surface area contributed by atoms with Gasteiger partial charge in [-0.15, -0.1) is 0 Å². The van der Waals surface area contributed by atoms with Gasteiger partial charge in [0.15, 0.2) is 0 Å². The summed E-state index contributed by atoms with van der Waals surface area (Å²) < 4.78 is 1.10. The predicted octanol–water partition coefficient (Wildman–Crippen LogP) is 5.08. The highest BCUT2D eigenvalue weighted by atomic mass is 79.9. The van der Waals surface area contributed by atoms with Crippen LogP contribution in [0.25, 0.3) is 0 Å². The van der Waals surface area contributed by atoms with Crippen LogP contribution in [0.2, 0.25) is 0 Å². The minimum absolute atomic E-state index is 0.539. The Hall–Kier alpha value is -1.62. The lowest BCUT2D eigenvalue weighted by molar-refractivity contribution is 0.741. The molecule has 1 heterocycles. The molecule has 0 amide bonds. The number of hydrogen-bond donors (Lipinski definition) is 2. The molecule has 126 valence electrons. The van der Waals surface area contributed by atoms with Crippen LogP contribution in [0, 0.1) is 0 Å². The van der Waals surface area contributed by atoms with Crippen molar-refractivity contribution in [1.82, 2.24) is 9.97 Å². The summed E-state index contributed by atoms with van der Waals surface area (Å²) in [6, 6.07) is 11.0. The third-order valence-electron chi connectivity index (χ3n) is 4.79. The van der Waals surface area contributed by atoms with Gasteiger partial charge in [-0.05, 0) is 43.4 Å². The summed E-state index contributed by atoms with van der Waals surface area (Å²) in [4.78, 5) is 9.46. The summed E-state index contributed by atoms with van der Waals surface area (Å²) in [7, 11) is 0. The van der Waals surface area contributed by atoms with E-state index in [2.05, 4.69) is 50.8 Å². The molecule has 0 unspecified atom stereocenters. The maximum atomic E-state index is 4.76. The molecule has 0 spiro atoms. The lowest BCUT2D eigenvalue weighted by Gasteiger charge is -2.15. The fourth-order valence-corrected chi connectivity index (χ4v) is 3.75. The standard InChI is InChI=1S/C19H23BrN4/c20-15-5-3-4-13(10-15)12-21-18-11-17(14-8-9-14)23-19(24-18)22-16-6-1-2-7-16/h3-5,10-11,14,16H,1-2,6-9,12H2,(H2,21,22,23,24). The first-order valence-corrected chi connectivity index (χ1v) is 9.69. The van der Waals surface area contributed by atoms with Gasteiger partial charge in [0, 0.05) is 29.0 Å². The molecular weight excluding hydrogens is 364 g/mol. The van der Waals surface area contributed by atoms with Gasteiger partial charge in [-0.2, -0.15) is 4.98 Å². The van der Waals surface area contributed by atoms with Gasteiger partial charge in [-0.25, -0.2) is 4.98 Å². The van der Waals surface area contributed by atoms with E-state index in [0.29, 0.717) is 12.0 Å². The fraction of sp³-hybridized carbons (Fsp3) is 0.474. The van der Waals surface area contributed by atoms with Crippen LogP contribution in [0.5, 0.6) is 0 Å². The Kier molecular flexibility index (Phi) is 4.69. The van der Waals surface area contributed by atoms with Gasteiger partial charge in [-0.1, -0.05) is 40.9 Å². The highest BCUT2D eigenvalue weighted by Crippen LogP contribution is 2.40. The van der Waals surface area contributed by atoms with Gasteiger partial charge in [0.05, 0.1) is 5.69 Å². The van der Waals surface area contributed by atoms with Crippen molar-refractivity contribution in [3.8, 4) is 0 Å². The van der Waals surface area contributed by atoms with E-state index in [0.717, 1.165) is 22.8 Å². The molecule has 4 nitrogen and oxygen atoms in total. The van der Waals surface area contributed by atoms with Crippen LogP contribution in [0.3, 0.4) is 0 Å². The van der Waals surface area contributed by atoms with Crippen molar-refractivity contribution < 1.29 is 0 Å². The van der Waals surface area contributed by atoms with Gasteiger partial charge in [0.2, 0.25) is 5.95 Å². The number of benzene rings is 1. The molecule has 2 fully saturated rings. The molecule has 1 aromatic carbocycles. The molecule has 0 saturated heterocycles. The van der Waals surface area contributed by atoms with E-state index >= 15 is 0 Å². The molecule has 0 radical (unpaired) electrons. The maximum Gasteiger partial charge on any atom is 0.225 e. The summed E-state index contributed by atoms with van der Waals surface area (Å²) >= 11 is 3.52. The highest BCUT2D eigenvalue weighted by molar-refractivity contribution is 9.10. The van der Waals surface area contributed by atoms with Crippen molar-refractivity contribution >= 4 is 27.7 Å². The second-order valence-corrected chi connectivity index (χ2v) is 7.80. The second-order valence-electron chi connectivity index (χ2n) is 6.89.